The van der Waals surface area contributed by atoms with Crippen molar-refractivity contribution >= 4 is 39.9 Å². The van der Waals surface area contributed by atoms with Crippen molar-refractivity contribution in [3.63, 3.8) is 0 Å². The first-order valence-electron chi connectivity index (χ1n) is 12.9. The van der Waals surface area contributed by atoms with Gasteiger partial charge in [-0.1, -0.05) is 48.0 Å². The highest BCUT2D eigenvalue weighted by atomic mass is 16.2. The molecule has 41 heavy (non-hydrogen) atoms. The first-order valence-corrected chi connectivity index (χ1v) is 12.9. The number of nitrogens with one attached hydrogen (secondary N) is 1. The molecule has 11 heteroatoms. The van der Waals surface area contributed by atoms with E-state index >= 15 is 0 Å². The highest BCUT2D eigenvalue weighted by molar-refractivity contribution is 6.71. The second-order valence-electron chi connectivity index (χ2n) is 9.72. The van der Waals surface area contributed by atoms with Crippen molar-refractivity contribution in [2.45, 2.75) is 20.8 Å². The van der Waals surface area contributed by atoms with Gasteiger partial charge in [-0.3, -0.25) is 24.5 Å². The minimum atomic E-state index is -0.588. The van der Waals surface area contributed by atoms with Crippen LogP contribution >= 0.6 is 0 Å². The van der Waals surface area contributed by atoms with E-state index in [1.165, 1.54) is 9.25 Å². The second kappa shape index (κ2) is 9.87. The summed E-state index contributed by atoms with van der Waals surface area (Å²) in [5, 5.41) is 10.2. The van der Waals surface area contributed by atoms with Crippen LogP contribution in [-0.4, -0.2) is 36.2 Å². The minimum absolute atomic E-state index is 0.00298. The predicted octanol–water partition coefficient (Wildman–Crippen LogP) is 3.68. The largest absolute Gasteiger partial charge is 0.303 e. The average Bonchev–Trinajstić information content (AvgIpc) is 3.38. The van der Waals surface area contributed by atoms with Gasteiger partial charge in [0.2, 0.25) is 5.95 Å². The molecule has 0 bridgehead atoms. The van der Waals surface area contributed by atoms with Gasteiger partial charge in [0.25, 0.3) is 11.1 Å². The Labute approximate surface area is 234 Å². The molecule has 0 spiro atoms. The van der Waals surface area contributed by atoms with Crippen LogP contribution in [-0.2, 0) is 11.8 Å². The maximum Gasteiger partial charge on any atom is 0.303 e. The van der Waals surface area contributed by atoms with Crippen molar-refractivity contribution in [2.75, 3.05) is 10.4 Å². The van der Waals surface area contributed by atoms with Crippen LogP contribution in [0.4, 0.5) is 11.6 Å². The van der Waals surface area contributed by atoms with Crippen molar-refractivity contribution in [3.05, 3.63) is 111 Å². The molecule has 204 valence electrons. The number of rotatable bonds is 5. The summed E-state index contributed by atoms with van der Waals surface area (Å²) >= 11 is 0. The maximum absolute atomic E-state index is 13.7. The number of carbonyl (C=O) groups excluding carboxylic acids is 1. The predicted molar refractivity (Wildman–Crippen MR) is 159 cm³/mol. The highest BCUT2D eigenvalue weighted by Gasteiger charge is 2.34. The smallest absolute Gasteiger partial charge is 0.283 e. The summed E-state index contributed by atoms with van der Waals surface area (Å²) in [6.07, 6.45) is 0. The van der Waals surface area contributed by atoms with Crippen molar-refractivity contribution in [1.82, 2.24) is 18.9 Å². The Morgan fingerprint density at radius 3 is 2.20 bits per heavy atom. The van der Waals surface area contributed by atoms with E-state index in [0.29, 0.717) is 33.7 Å². The minimum Gasteiger partial charge on any atom is -0.283 e. The Balaban J connectivity index is 1.42. The first kappa shape index (κ1) is 25.7. The van der Waals surface area contributed by atoms with Gasteiger partial charge >= 0.3 is 5.91 Å². The molecule has 11 nitrogen and oxygen atoms in total. The fourth-order valence-electron chi connectivity index (χ4n) is 4.76. The summed E-state index contributed by atoms with van der Waals surface area (Å²) < 4.78 is 4.59. The molecule has 0 saturated carbocycles. The SMILES string of the molecule is CC1=NN(c2nc3ccccc3c(=O)n2-c2ccc(C)cc2)C(=O)/C1=N\Nc1c(C)n(C)n(-c2ccccc2)c1=O. The number of carbonyl (C=O) groups is 1. The molecule has 0 radical (unpaired) electrons. The second-order valence-corrected chi connectivity index (χ2v) is 9.72. The van der Waals surface area contributed by atoms with Crippen molar-refractivity contribution in [3.8, 4) is 11.4 Å². The number of aryl methyl sites for hydroxylation is 1. The summed E-state index contributed by atoms with van der Waals surface area (Å²) in [6, 6.07) is 23.5. The lowest BCUT2D eigenvalue weighted by Crippen LogP contribution is -2.34. The van der Waals surface area contributed by atoms with Gasteiger partial charge in [-0.2, -0.15) is 15.2 Å². The van der Waals surface area contributed by atoms with Gasteiger partial charge in [-0.25, -0.2) is 14.2 Å². The molecule has 3 aromatic carbocycles. The summed E-state index contributed by atoms with van der Waals surface area (Å²) in [5.41, 5.74) is 5.99. The molecule has 0 unspecified atom stereocenters. The fourth-order valence-corrected chi connectivity index (χ4v) is 4.76. The van der Waals surface area contributed by atoms with E-state index in [0.717, 1.165) is 10.6 Å². The van der Waals surface area contributed by atoms with Gasteiger partial charge in [-0.05, 0) is 57.2 Å². The molecule has 1 N–H and O–H groups in total. The van der Waals surface area contributed by atoms with E-state index < -0.39 is 5.91 Å². The fraction of sp³-hybridized carbons (Fsp3) is 0.133. The summed E-state index contributed by atoms with van der Waals surface area (Å²) in [7, 11) is 1.77. The van der Waals surface area contributed by atoms with Gasteiger partial charge in [0.1, 0.15) is 5.69 Å². The Bertz CT molecular complexity index is 2020. The molecule has 0 saturated heterocycles. The zero-order chi connectivity index (χ0) is 28.8. The molecule has 3 heterocycles. The third kappa shape index (κ3) is 4.24. The van der Waals surface area contributed by atoms with Gasteiger partial charge in [-0.15, -0.1) is 0 Å². The topological polar surface area (TPSA) is 119 Å². The third-order valence-electron chi connectivity index (χ3n) is 7.06. The van der Waals surface area contributed by atoms with E-state index in [9.17, 15) is 14.4 Å². The quantitative estimate of drug-likeness (QED) is 0.338. The molecular weight excluding hydrogens is 520 g/mol. The number of hydrazone groups is 2. The monoisotopic (exact) mass is 546 g/mol. The lowest BCUT2D eigenvalue weighted by atomic mass is 10.2. The zero-order valence-corrected chi connectivity index (χ0v) is 22.9. The Hall–Kier alpha value is -5.58. The van der Waals surface area contributed by atoms with Crippen LogP contribution in [0.15, 0.2) is 98.7 Å². The van der Waals surface area contributed by atoms with Gasteiger partial charge in [0.15, 0.2) is 5.71 Å². The molecular formula is C30H26N8O3. The lowest BCUT2D eigenvalue weighted by Gasteiger charge is -2.18. The van der Waals surface area contributed by atoms with Gasteiger partial charge in [0.05, 0.1) is 33.7 Å². The normalized spacial score (nSPS) is 14.2. The van der Waals surface area contributed by atoms with Crippen molar-refractivity contribution in [1.29, 1.82) is 0 Å². The molecule has 5 aromatic rings. The van der Waals surface area contributed by atoms with E-state index in [1.54, 1.807) is 62.0 Å². The number of nitrogens with zero attached hydrogens (tertiary/aromatic N) is 7. The summed E-state index contributed by atoms with van der Waals surface area (Å²) in [5.74, 6) is -0.551. The van der Waals surface area contributed by atoms with E-state index in [-0.39, 0.29) is 28.5 Å². The van der Waals surface area contributed by atoms with Gasteiger partial charge in [0, 0.05) is 7.05 Å². The van der Waals surface area contributed by atoms with Crippen LogP contribution in [0.5, 0.6) is 0 Å². The number of amides is 1. The number of fused-ring (bicyclic) bond motifs is 1. The van der Waals surface area contributed by atoms with Gasteiger partial charge < -0.3 is 0 Å². The summed E-state index contributed by atoms with van der Waals surface area (Å²) in [6.45, 7) is 5.36. The third-order valence-corrected chi connectivity index (χ3v) is 7.06. The number of anilines is 2. The lowest BCUT2D eigenvalue weighted by molar-refractivity contribution is -0.112. The molecule has 1 aliphatic heterocycles. The van der Waals surface area contributed by atoms with Crippen LogP contribution in [0.1, 0.15) is 18.2 Å². The van der Waals surface area contributed by atoms with E-state index in [2.05, 4.69) is 20.6 Å². The molecule has 1 aliphatic rings. The first-order chi connectivity index (χ1) is 19.8. The molecule has 1 amide bonds. The molecule has 0 atom stereocenters. The average molecular weight is 547 g/mol. The number of aromatic nitrogens is 4. The van der Waals surface area contributed by atoms with Crippen LogP contribution in [0.3, 0.4) is 0 Å². The number of para-hydroxylation sites is 2. The Morgan fingerprint density at radius 1 is 0.780 bits per heavy atom. The Morgan fingerprint density at radius 2 is 1.46 bits per heavy atom. The summed E-state index contributed by atoms with van der Waals surface area (Å²) in [4.78, 5) is 45.3. The Kier molecular flexibility index (Phi) is 6.18. The van der Waals surface area contributed by atoms with E-state index in [4.69, 9.17) is 0 Å². The van der Waals surface area contributed by atoms with Crippen molar-refractivity contribution < 1.29 is 4.79 Å². The van der Waals surface area contributed by atoms with Crippen LogP contribution in [0.25, 0.3) is 22.3 Å². The van der Waals surface area contributed by atoms with Crippen LogP contribution < -0.4 is 21.6 Å². The number of hydrogen-bond acceptors (Lipinski definition) is 7. The van der Waals surface area contributed by atoms with Crippen molar-refractivity contribution in [2.24, 2.45) is 17.3 Å². The highest BCUT2D eigenvalue weighted by Crippen LogP contribution is 2.23. The maximum atomic E-state index is 13.7. The molecule has 2 aromatic heterocycles. The van der Waals surface area contributed by atoms with Crippen LogP contribution in [0.2, 0.25) is 0 Å². The van der Waals surface area contributed by atoms with E-state index in [1.807, 2.05) is 49.4 Å². The number of hydrogen-bond donors (Lipinski definition) is 1. The number of benzene rings is 3. The zero-order valence-electron chi connectivity index (χ0n) is 22.9. The molecule has 6 rings (SSSR count). The molecule has 0 aliphatic carbocycles. The van der Waals surface area contributed by atoms with Crippen LogP contribution in [0, 0.1) is 13.8 Å². The standard InChI is InChI=1S/C30H26N8O3/c1-18-14-16-21(17-15-18)36-27(39)23-12-8-9-13-24(23)31-30(36)37-28(40)25(19(2)34-37)32-33-26-20(3)35(4)38(29(26)41)22-10-6-5-7-11-22/h5-17,33H,1-4H3/b32-25-. The molecule has 0 fully saturated rings.